The second-order valence-corrected chi connectivity index (χ2v) is 8.09. The summed E-state index contributed by atoms with van der Waals surface area (Å²) in [7, 11) is 15.8. The van der Waals surface area contributed by atoms with Gasteiger partial charge in [-0.05, 0) is 72.4 Å². The van der Waals surface area contributed by atoms with Crippen LogP contribution in [0.5, 0.6) is 5.75 Å². The van der Waals surface area contributed by atoms with Crippen molar-refractivity contribution in [2.75, 3.05) is 62.9 Å². The van der Waals surface area contributed by atoms with Crippen molar-refractivity contribution in [3.05, 3.63) is 28.8 Å². The number of nitrogens with two attached hydrogens (primary N) is 1. The molecule has 0 fully saturated rings. The molecule has 7 nitrogen and oxygen atoms in total. The van der Waals surface area contributed by atoms with Gasteiger partial charge < -0.3 is 30.4 Å². The summed E-state index contributed by atoms with van der Waals surface area (Å²) in [5, 5.41) is 10.2. The first-order valence-electron chi connectivity index (χ1n) is 9.66. The lowest BCUT2D eigenvalue weighted by Crippen LogP contribution is -2.22. The van der Waals surface area contributed by atoms with Crippen molar-refractivity contribution in [1.29, 1.82) is 0 Å². The van der Waals surface area contributed by atoms with Crippen LogP contribution in [-0.4, -0.2) is 93.5 Å². The molecule has 1 aromatic carbocycles. The number of hydrogen-bond acceptors (Lipinski definition) is 6. The number of benzene rings is 1. The van der Waals surface area contributed by atoms with Crippen molar-refractivity contribution >= 4 is 5.91 Å². The van der Waals surface area contributed by atoms with E-state index in [1.807, 2.05) is 26.2 Å². The lowest BCUT2D eigenvalue weighted by molar-refractivity contribution is -0.128. The first-order valence-corrected chi connectivity index (χ1v) is 9.66. The molecule has 7 heteroatoms. The second-order valence-electron chi connectivity index (χ2n) is 8.09. The molecule has 1 amide bonds. The van der Waals surface area contributed by atoms with Crippen molar-refractivity contribution in [3.8, 4) is 5.75 Å². The Morgan fingerprint density at radius 1 is 0.857 bits per heavy atom. The third-order valence-electron chi connectivity index (χ3n) is 4.03. The van der Waals surface area contributed by atoms with Crippen LogP contribution in [0, 0.1) is 0 Å². The molecule has 0 heterocycles. The first-order chi connectivity index (χ1) is 13.0. The van der Waals surface area contributed by atoms with E-state index in [2.05, 4.69) is 42.9 Å². The highest BCUT2D eigenvalue weighted by Gasteiger charge is 2.15. The molecule has 3 N–H and O–H groups in total. The molecule has 162 valence electrons. The Kier molecular flexibility index (Phi) is 12.7. The van der Waals surface area contributed by atoms with Crippen LogP contribution in [0.3, 0.4) is 0 Å². The molecule has 0 atom stereocenters. The Hall–Kier alpha value is -1.67. The van der Waals surface area contributed by atoms with E-state index in [0.29, 0.717) is 18.7 Å². The van der Waals surface area contributed by atoms with Gasteiger partial charge in [0.25, 0.3) is 0 Å². The number of aromatic hydroxyl groups is 1. The van der Waals surface area contributed by atoms with E-state index in [1.165, 1.54) is 11.1 Å². The fraction of sp³-hybridized carbons (Fsp3) is 0.667. The summed E-state index contributed by atoms with van der Waals surface area (Å²) in [6, 6.07) is 3.85. The lowest BCUT2D eigenvalue weighted by Gasteiger charge is -2.23. The zero-order valence-corrected chi connectivity index (χ0v) is 19.1. The molecule has 0 aromatic heterocycles. The topological polar surface area (TPSA) is 76.3 Å². The Labute approximate surface area is 171 Å². The Morgan fingerprint density at radius 3 is 1.79 bits per heavy atom. The van der Waals surface area contributed by atoms with Gasteiger partial charge in [0.05, 0.1) is 0 Å². The van der Waals surface area contributed by atoms with Gasteiger partial charge in [-0.2, -0.15) is 0 Å². The van der Waals surface area contributed by atoms with Crippen molar-refractivity contribution in [2.45, 2.75) is 32.5 Å². The predicted octanol–water partition coefficient (Wildman–Crippen LogP) is 1.39. The van der Waals surface area contributed by atoms with Crippen LogP contribution < -0.4 is 5.73 Å². The van der Waals surface area contributed by atoms with Crippen LogP contribution in [0.1, 0.15) is 29.5 Å². The molecule has 0 aliphatic rings. The number of hydrogen-bond donors (Lipinski definition) is 2. The number of carbonyl (C=O) groups is 1. The highest BCUT2D eigenvalue weighted by Crippen LogP contribution is 2.27. The van der Waals surface area contributed by atoms with E-state index in [-0.39, 0.29) is 5.91 Å². The number of phenolic OH excluding ortho intramolecular Hbond substituents is 1. The Balaban J connectivity index is 0.000000684. The molecule has 0 aliphatic carbocycles. The number of phenols is 1. The molecule has 0 saturated carbocycles. The number of amides is 1. The quantitative estimate of drug-likeness (QED) is 0.658. The van der Waals surface area contributed by atoms with E-state index in [1.54, 1.807) is 19.0 Å². The molecule has 0 unspecified atom stereocenters. The molecule has 0 saturated heterocycles. The molecule has 1 aromatic rings. The van der Waals surface area contributed by atoms with Gasteiger partial charge in [-0.3, -0.25) is 4.79 Å². The Bertz CT molecular complexity index is 586. The molecule has 1 rings (SSSR count). The molecule has 0 radical (unpaired) electrons. The fourth-order valence-electron chi connectivity index (χ4n) is 2.70. The zero-order chi connectivity index (χ0) is 21.9. The standard InChI is InChI=1S/C15H27N3O.C6H14N2O/c1-16(2)9-12-7-8-15(19)14(11-18(5)6)13(12)10-17(3)4;1-8(2)6(9)4-3-5-7/h7-8,19H,9-11H2,1-6H3;3-5,7H2,1-2H3. The van der Waals surface area contributed by atoms with Crippen molar-refractivity contribution in [3.63, 3.8) is 0 Å². The highest BCUT2D eigenvalue weighted by molar-refractivity contribution is 5.75. The van der Waals surface area contributed by atoms with E-state index in [0.717, 1.165) is 31.6 Å². The molecule has 28 heavy (non-hydrogen) atoms. The monoisotopic (exact) mass is 395 g/mol. The minimum atomic E-state index is 0.153. The number of rotatable bonds is 9. The number of carbonyl (C=O) groups excluding carboxylic acids is 1. The highest BCUT2D eigenvalue weighted by atomic mass is 16.3. The van der Waals surface area contributed by atoms with Crippen LogP contribution in [0.25, 0.3) is 0 Å². The van der Waals surface area contributed by atoms with Gasteiger partial charge >= 0.3 is 0 Å². The van der Waals surface area contributed by atoms with Crippen LogP contribution in [0.4, 0.5) is 0 Å². The van der Waals surface area contributed by atoms with Gasteiger partial charge in [0.2, 0.25) is 5.91 Å². The van der Waals surface area contributed by atoms with Gasteiger partial charge in [-0.25, -0.2) is 0 Å². The normalized spacial score (nSPS) is 11.0. The fourth-order valence-corrected chi connectivity index (χ4v) is 2.70. The summed E-state index contributed by atoms with van der Waals surface area (Å²) in [6.45, 7) is 3.10. The van der Waals surface area contributed by atoms with Gasteiger partial charge in [0, 0.05) is 45.7 Å². The summed E-state index contributed by atoms with van der Waals surface area (Å²) in [6.07, 6.45) is 1.36. The zero-order valence-electron chi connectivity index (χ0n) is 19.1. The van der Waals surface area contributed by atoms with Crippen LogP contribution in [0.15, 0.2) is 12.1 Å². The van der Waals surface area contributed by atoms with Crippen LogP contribution in [-0.2, 0) is 24.4 Å². The summed E-state index contributed by atoms with van der Waals surface area (Å²) in [5.41, 5.74) is 8.77. The van der Waals surface area contributed by atoms with Crippen LogP contribution >= 0.6 is 0 Å². The Morgan fingerprint density at radius 2 is 1.36 bits per heavy atom. The largest absolute Gasteiger partial charge is 0.508 e. The van der Waals surface area contributed by atoms with E-state index < -0.39 is 0 Å². The molecule has 0 aliphatic heterocycles. The van der Waals surface area contributed by atoms with Crippen molar-refractivity contribution in [1.82, 2.24) is 19.6 Å². The molecular weight excluding hydrogens is 354 g/mol. The van der Waals surface area contributed by atoms with Crippen LogP contribution in [0.2, 0.25) is 0 Å². The SMILES string of the molecule is CN(C)C(=O)CCCN.CN(C)Cc1ccc(O)c(CN(C)C)c1CN(C)C. The summed E-state index contributed by atoms with van der Waals surface area (Å²) < 4.78 is 0. The summed E-state index contributed by atoms with van der Waals surface area (Å²) in [4.78, 5) is 18.7. The molecule has 0 spiro atoms. The first kappa shape index (κ1) is 26.3. The average molecular weight is 396 g/mol. The third-order valence-corrected chi connectivity index (χ3v) is 4.03. The third kappa shape index (κ3) is 10.6. The summed E-state index contributed by atoms with van der Waals surface area (Å²) in [5.74, 6) is 0.550. The maximum absolute atomic E-state index is 10.8. The maximum atomic E-state index is 10.8. The van der Waals surface area contributed by atoms with Gasteiger partial charge in [-0.1, -0.05) is 6.07 Å². The minimum absolute atomic E-state index is 0.153. The molecular formula is C21H41N5O2. The lowest BCUT2D eigenvalue weighted by atomic mass is 9.98. The summed E-state index contributed by atoms with van der Waals surface area (Å²) >= 11 is 0. The van der Waals surface area contributed by atoms with Crippen molar-refractivity contribution < 1.29 is 9.90 Å². The minimum Gasteiger partial charge on any atom is -0.508 e. The van der Waals surface area contributed by atoms with Crippen molar-refractivity contribution in [2.24, 2.45) is 5.73 Å². The average Bonchev–Trinajstić information content (AvgIpc) is 2.57. The van der Waals surface area contributed by atoms with E-state index in [9.17, 15) is 9.90 Å². The van der Waals surface area contributed by atoms with Gasteiger partial charge in [0.1, 0.15) is 5.75 Å². The van der Waals surface area contributed by atoms with Gasteiger partial charge in [0.15, 0.2) is 0 Å². The molecule has 0 bridgehead atoms. The smallest absolute Gasteiger partial charge is 0.222 e. The number of nitrogens with zero attached hydrogens (tertiary/aromatic N) is 4. The van der Waals surface area contributed by atoms with E-state index in [4.69, 9.17) is 5.73 Å². The predicted molar refractivity (Wildman–Crippen MR) is 117 cm³/mol. The van der Waals surface area contributed by atoms with Gasteiger partial charge in [-0.15, -0.1) is 0 Å². The second kappa shape index (κ2) is 13.5. The van der Waals surface area contributed by atoms with E-state index >= 15 is 0 Å². The maximum Gasteiger partial charge on any atom is 0.222 e.